The Hall–Kier alpha value is -0.550. The van der Waals surface area contributed by atoms with Crippen LogP contribution in [0, 0.1) is 35.0 Å². The van der Waals surface area contributed by atoms with Crippen LogP contribution >= 0.6 is 0 Å². The summed E-state index contributed by atoms with van der Waals surface area (Å²) in [5.74, 6) is 2.53. The van der Waals surface area contributed by atoms with Gasteiger partial charge in [0.1, 0.15) is 0 Å². The quantitative estimate of drug-likeness (QED) is 0.674. The van der Waals surface area contributed by atoms with Crippen LogP contribution in [-0.2, 0) is 0 Å². The number of nitriles is 1. The van der Waals surface area contributed by atoms with Gasteiger partial charge in [-0.3, -0.25) is 4.90 Å². The summed E-state index contributed by atoms with van der Waals surface area (Å²) in [6.45, 7) is 13.9. The Morgan fingerprint density at radius 1 is 1.05 bits per heavy atom. The monoisotopic (exact) mass is 278 g/mol. The lowest BCUT2D eigenvalue weighted by molar-refractivity contribution is 0.0956. The van der Waals surface area contributed by atoms with Gasteiger partial charge >= 0.3 is 0 Å². The number of rotatable bonds is 7. The molecule has 0 aromatic rings. The second-order valence-corrected chi connectivity index (χ2v) is 7.62. The van der Waals surface area contributed by atoms with E-state index in [2.05, 4.69) is 45.6 Å². The summed E-state index contributed by atoms with van der Waals surface area (Å²) in [5, 5.41) is 9.47. The number of hydrogen-bond acceptors (Lipinski definition) is 2. The van der Waals surface area contributed by atoms with E-state index in [1.807, 2.05) is 0 Å². The van der Waals surface area contributed by atoms with Crippen LogP contribution < -0.4 is 0 Å². The fourth-order valence-corrected chi connectivity index (χ4v) is 3.20. The van der Waals surface area contributed by atoms with Crippen LogP contribution in [0.2, 0.25) is 0 Å². The predicted molar refractivity (Wildman–Crippen MR) is 86.4 cm³/mol. The van der Waals surface area contributed by atoms with Crippen LogP contribution in [0.15, 0.2) is 0 Å². The molecular weight excluding hydrogens is 244 g/mol. The highest BCUT2D eigenvalue weighted by atomic mass is 15.2. The molecule has 1 saturated carbocycles. The third-order valence-corrected chi connectivity index (χ3v) is 4.70. The van der Waals surface area contributed by atoms with Crippen molar-refractivity contribution in [2.45, 2.75) is 72.8 Å². The zero-order valence-electron chi connectivity index (χ0n) is 14.2. The highest BCUT2D eigenvalue weighted by molar-refractivity contribution is 4.97. The van der Waals surface area contributed by atoms with Crippen molar-refractivity contribution in [3.8, 4) is 6.07 Å². The van der Waals surface area contributed by atoms with Crippen LogP contribution in [-0.4, -0.2) is 24.0 Å². The molecule has 1 aliphatic carbocycles. The molecule has 20 heavy (non-hydrogen) atoms. The minimum absolute atomic E-state index is 0.255. The number of hydrogen-bond donors (Lipinski definition) is 0. The summed E-state index contributed by atoms with van der Waals surface area (Å²) < 4.78 is 0. The summed E-state index contributed by atoms with van der Waals surface area (Å²) >= 11 is 0. The SMILES string of the molecule is CC(C)CCN(CCC(C)C)C1CC(C)CCC1C#N. The zero-order valence-corrected chi connectivity index (χ0v) is 14.2. The van der Waals surface area contributed by atoms with Crippen molar-refractivity contribution in [3.05, 3.63) is 0 Å². The summed E-state index contributed by atoms with van der Waals surface area (Å²) in [4.78, 5) is 2.64. The Kier molecular flexibility index (Phi) is 7.59. The molecule has 0 spiro atoms. The number of nitrogens with zero attached hydrogens (tertiary/aromatic N) is 2. The molecule has 0 heterocycles. The van der Waals surface area contributed by atoms with Gasteiger partial charge in [0.05, 0.1) is 12.0 Å². The van der Waals surface area contributed by atoms with Crippen molar-refractivity contribution in [2.24, 2.45) is 23.7 Å². The molecule has 0 N–H and O–H groups in total. The van der Waals surface area contributed by atoms with Crippen molar-refractivity contribution < 1.29 is 0 Å². The topological polar surface area (TPSA) is 27.0 Å². The van der Waals surface area contributed by atoms with Crippen LogP contribution in [0.3, 0.4) is 0 Å². The Balaban J connectivity index is 2.69. The summed E-state index contributed by atoms with van der Waals surface area (Å²) in [6, 6.07) is 3.09. The molecule has 0 aromatic heterocycles. The van der Waals surface area contributed by atoms with Gasteiger partial charge in [0.2, 0.25) is 0 Å². The van der Waals surface area contributed by atoms with E-state index >= 15 is 0 Å². The molecule has 1 rings (SSSR count). The van der Waals surface area contributed by atoms with Crippen molar-refractivity contribution in [1.82, 2.24) is 4.90 Å². The second-order valence-electron chi connectivity index (χ2n) is 7.62. The standard InChI is InChI=1S/C18H34N2/c1-14(2)8-10-20(11-9-15(3)4)18-12-16(5)6-7-17(18)13-19/h14-18H,6-12H2,1-5H3. The Morgan fingerprint density at radius 2 is 1.60 bits per heavy atom. The largest absolute Gasteiger partial charge is 0.299 e. The average Bonchev–Trinajstić information content (AvgIpc) is 2.38. The van der Waals surface area contributed by atoms with Gasteiger partial charge in [0.25, 0.3) is 0 Å². The van der Waals surface area contributed by atoms with E-state index in [0.29, 0.717) is 6.04 Å². The Morgan fingerprint density at radius 3 is 2.05 bits per heavy atom. The first-order valence-electron chi connectivity index (χ1n) is 8.57. The van der Waals surface area contributed by atoms with Gasteiger partial charge in [0.15, 0.2) is 0 Å². The molecule has 116 valence electrons. The van der Waals surface area contributed by atoms with Gasteiger partial charge in [-0.25, -0.2) is 0 Å². The van der Waals surface area contributed by atoms with Crippen LogP contribution in [0.25, 0.3) is 0 Å². The minimum Gasteiger partial charge on any atom is -0.299 e. The third kappa shape index (κ3) is 5.83. The lowest BCUT2D eigenvalue weighted by Crippen LogP contribution is -2.45. The summed E-state index contributed by atoms with van der Waals surface area (Å²) in [6.07, 6.45) is 6.05. The molecule has 1 aliphatic rings. The summed E-state index contributed by atoms with van der Waals surface area (Å²) in [5.41, 5.74) is 0. The molecule has 0 aliphatic heterocycles. The van der Waals surface area contributed by atoms with Crippen LogP contribution in [0.1, 0.15) is 66.7 Å². The third-order valence-electron chi connectivity index (χ3n) is 4.70. The molecule has 0 amide bonds. The molecule has 0 aromatic carbocycles. The lowest BCUT2D eigenvalue weighted by atomic mass is 9.78. The van der Waals surface area contributed by atoms with Gasteiger partial charge in [-0.2, -0.15) is 5.26 Å². The van der Waals surface area contributed by atoms with Crippen molar-refractivity contribution in [1.29, 1.82) is 5.26 Å². The van der Waals surface area contributed by atoms with Crippen LogP contribution in [0.4, 0.5) is 0 Å². The van der Waals surface area contributed by atoms with Gasteiger partial charge in [-0.1, -0.05) is 34.6 Å². The smallest absolute Gasteiger partial charge is 0.0672 e. The van der Waals surface area contributed by atoms with Crippen molar-refractivity contribution in [3.63, 3.8) is 0 Å². The lowest BCUT2D eigenvalue weighted by Gasteiger charge is -2.40. The Bertz CT molecular complexity index is 291. The second kappa shape index (κ2) is 8.67. The van der Waals surface area contributed by atoms with E-state index in [1.165, 1.54) is 38.8 Å². The fourth-order valence-electron chi connectivity index (χ4n) is 3.20. The highest BCUT2D eigenvalue weighted by Crippen LogP contribution is 2.32. The molecule has 0 bridgehead atoms. The maximum atomic E-state index is 9.47. The first kappa shape index (κ1) is 17.5. The van der Waals surface area contributed by atoms with E-state index in [4.69, 9.17) is 0 Å². The average molecular weight is 278 g/mol. The van der Waals surface area contributed by atoms with E-state index in [9.17, 15) is 5.26 Å². The summed E-state index contributed by atoms with van der Waals surface area (Å²) in [7, 11) is 0. The molecule has 1 fully saturated rings. The molecule has 2 heteroatoms. The predicted octanol–water partition coefficient (Wildman–Crippen LogP) is 4.71. The Labute approximate surface area is 126 Å². The van der Waals surface area contributed by atoms with Crippen molar-refractivity contribution >= 4 is 0 Å². The highest BCUT2D eigenvalue weighted by Gasteiger charge is 2.32. The van der Waals surface area contributed by atoms with E-state index in [0.717, 1.165) is 24.2 Å². The minimum atomic E-state index is 0.255. The maximum Gasteiger partial charge on any atom is 0.0672 e. The first-order valence-corrected chi connectivity index (χ1v) is 8.57. The van der Waals surface area contributed by atoms with Gasteiger partial charge in [0, 0.05) is 6.04 Å². The van der Waals surface area contributed by atoms with Gasteiger partial charge in [-0.15, -0.1) is 0 Å². The molecule has 3 unspecified atom stereocenters. The molecule has 2 nitrogen and oxygen atoms in total. The maximum absolute atomic E-state index is 9.47. The fraction of sp³-hybridized carbons (Fsp3) is 0.944. The van der Waals surface area contributed by atoms with E-state index in [1.54, 1.807) is 0 Å². The zero-order chi connectivity index (χ0) is 15.1. The van der Waals surface area contributed by atoms with Gasteiger partial charge < -0.3 is 0 Å². The van der Waals surface area contributed by atoms with E-state index in [-0.39, 0.29) is 5.92 Å². The molecule has 0 radical (unpaired) electrons. The van der Waals surface area contributed by atoms with Crippen LogP contribution in [0.5, 0.6) is 0 Å². The molecule has 0 saturated heterocycles. The normalized spacial score (nSPS) is 27.2. The molecule has 3 atom stereocenters. The van der Waals surface area contributed by atoms with E-state index < -0.39 is 0 Å². The van der Waals surface area contributed by atoms with Gasteiger partial charge in [-0.05, 0) is 62.9 Å². The molecular formula is C18H34N2. The van der Waals surface area contributed by atoms with Crippen molar-refractivity contribution in [2.75, 3.05) is 13.1 Å². The first-order chi connectivity index (χ1) is 9.43.